The van der Waals surface area contributed by atoms with E-state index in [4.69, 9.17) is 37.9 Å². The van der Waals surface area contributed by atoms with Crippen molar-refractivity contribution in [2.45, 2.75) is 13.1 Å². The molecular formula is C32H42F6NO8P. The Morgan fingerprint density at radius 1 is 0.438 bits per heavy atom. The summed E-state index contributed by atoms with van der Waals surface area (Å²) < 4.78 is 105. The largest absolute Gasteiger partial charge is 0.491 e. The molecule has 0 atom stereocenters. The molecule has 0 radical (unpaired) electrons. The van der Waals surface area contributed by atoms with Gasteiger partial charge in [-0.3, -0.25) is 0 Å². The summed E-state index contributed by atoms with van der Waals surface area (Å²) in [5.41, 5.74) is 2.41. The fourth-order valence-electron chi connectivity index (χ4n) is 4.13. The monoisotopic (exact) mass is 713 g/mol. The van der Waals surface area contributed by atoms with Crippen LogP contribution in [0.15, 0.2) is 72.8 Å². The van der Waals surface area contributed by atoms with Crippen molar-refractivity contribution in [2.75, 3.05) is 79.3 Å². The summed E-state index contributed by atoms with van der Waals surface area (Å²) in [5.74, 6) is 2.87. The molecule has 0 unspecified atom stereocenters. The number of rotatable bonds is 4. The minimum atomic E-state index is -10.7. The molecule has 1 heterocycles. The van der Waals surface area contributed by atoms with Crippen LogP contribution in [0.2, 0.25) is 0 Å². The molecule has 0 fully saturated rings. The van der Waals surface area contributed by atoms with Gasteiger partial charge in [-0.05, 0) is 24.3 Å². The van der Waals surface area contributed by atoms with Crippen LogP contribution >= 0.6 is 7.81 Å². The van der Waals surface area contributed by atoms with Gasteiger partial charge in [-0.15, -0.1) is 0 Å². The van der Waals surface area contributed by atoms with Crippen LogP contribution in [0.5, 0.6) is 23.0 Å². The maximum absolute atomic E-state index is 10.7. The molecule has 0 saturated carbocycles. The Bertz CT molecular complexity index is 1270. The zero-order valence-electron chi connectivity index (χ0n) is 26.4. The number of halogens is 6. The van der Waals surface area contributed by atoms with E-state index in [1.807, 2.05) is 36.4 Å². The molecule has 0 spiro atoms. The summed E-state index contributed by atoms with van der Waals surface area (Å²) in [6.07, 6.45) is 0. The number of hydrogen-bond acceptors (Lipinski definition) is 8. The second-order valence-corrected chi connectivity index (χ2v) is 12.2. The number of benzene rings is 3. The molecule has 0 saturated heterocycles. The maximum atomic E-state index is 9.87. The summed E-state index contributed by atoms with van der Waals surface area (Å²) in [5, 5.41) is 2.26. The zero-order chi connectivity index (χ0) is 34.6. The normalized spacial score (nSPS) is 17.7. The zero-order valence-corrected chi connectivity index (χ0v) is 27.3. The number of fused-ring (bicyclic) bond motifs is 3. The minimum Gasteiger partial charge on any atom is -0.491 e. The predicted molar refractivity (Wildman–Crippen MR) is 167 cm³/mol. The van der Waals surface area contributed by atoms with E-state index in [2.05, 4.69) is 41.7 Å². The molecule has 2 bridgehead atoms. The van der Waals surface area contributed by atoms with Crippen LogP contribution in [-0.4, -0.2) is 79.3 Å². The average molecular weight is 714 g/mol. The van der Waals surface area contributed by atoms with Crippen molar-refractivity contribution in [1.29, 1.82) is 0 Å². The van der Waals surface area contributed by atoms with Crippen LogP contribution in [-0.2, 0) is 32.0 Å². The summed E-state index contributed by atoms with van der Waals surface area (Å²) >= 11 is 0. The van der Waals surface area contributed by atoms with E-state index < -0.39 is 7.81 Å². The molecule has 1 aliphatic rings. The third-order valence-electron chi connectivity index (χ3n) is 6.10. The molecule has 1 aliphatic heterocycles. The molecule has 0 aromatic heterocycles. The van der Waals surface area contributed by atoms with Crippen molar-refractivity contribution in [3.8, 4) is 23.0 Å². The first kappa shape index (κ1) is 39.1. The Kier molecular flexibility index (Phi) is 15.5. The Hall–Kier alpha value is -3.33. The van der Waals surface area contributed by atoms with E-state index in [1.165, 1.54) is 5.56 Å². The first-order valence-electron chi connectivity index (χ1n) is 15.3. The SMILES string of the molecule is F[P-](F)(F)(F)(F)F.c1ccc(C[NH2+]Cc2cc3cc(c2)OCCOCCOCCOc2ccccc2OCCOCCOCCO3)cc1. The molecule has 0 aliphatic carbocycles. The summed E-state index contributed by atoms with van der Waals surface area (Å²) in [6, 6.07) is 24.0. The van der Waals surface area contributed by atoms with Gasteiger partial charge in [0.2, 0.25) is 0 Å². The fraction of sp³-hybridized carbons (Fsp3) is 0.438. The van der Waals surface area contributed by atoms with Gasteiger partial charge >= 0.3 is 33.0 Å². The van der Waals surface area contributed by atoms with Gasteiger partial charge in [-0.25, -0.2) is 0 Å². The van der Waals surface area contributed by atoms with Crippen LogP contribution < -0.4 is 24.3 Å². The standard InChI is InChI=1S/C32H41NO8.F6P/c1-2-6-27(7-3-1)25-33-26-28-22-29-24-30(23-28)39-19-15-35-11-13-37-17-21-41-32-9-5-4-8-31(32)40-20-16-36-12-10-34-14-18-38-29;1-7(2,3,4,5)6/h1-9,22-24,33H,10-21,25-26H2;/q;-1/p+1. The molecule has 4 rings (SSSR count). The van der Waals surface area contributed by atoms with E-state index in [0.29, 0.717) is 90.8 Å². The molecule has 16 heteroatoms. The van der Waals surface area contributed by atoms with Crippen molar-refractivity contribution < 1.29 is 68.4 Å². The third kappa shape index (κ3) is 20.8. The van der Waals surface area contributed by atoms with E-state index >= 15 is 0 Å². The number of ether oxygens (including phenoxy) is 8. The van der Waals surface area contributed by atoms with Gasteiger partial charge in [-0.1, -0.05) is 42.5 Å². The smallest absolute Gasteiger partial charge is 0.161 e. The van der Waals surface area contributed by atoms with Gasteiger partial charge in [0.15, 0.2) is 11.5 Å². The van der Waals surface area contributed by atoms with E-state index in [0.717, 1.165) is 30.2 Å². The molecule has 2 N–H and O–H groups in total. The minimum absolute atomic E-state index is 0.418. The molecule has 0 amide bonds. The predicted octanol–water partition coefficient (Wildman–Crippen LogP) is 6.63. The Morgan fingerprint density at radius 3 is 1.23 bits per heavy atom. The fourth-order valence-corrected chi connectivity index (χ4v) is 4.13. The Balaban J connectivity index is 0.000000804. The van der Waals surface area contributed by atoms with Crippen molar-refractivity contribution in [3.05, 3.63) is 83.9 Å². The van der Waals surface area contributed by atoms with E-state index in [-0.39, 0.29) is 0 Å². The third-order valence-corrected chi connectivity index (χ3v) is 6.10. The van der Waals surface area contributed by atoms with Crippen LogP contribution in [0.1, 0.15) is 11.1 Å². The summed E-state index contributed by atoms with van der Waals surface area (Å²) in [6.45, 7) is 7.14. The number of para-hydroxylation sites is 2. The Labute approximate surface area is 275 Å². The van der Waals surface area contributed by atoms with Gasteiger partial charge in [0, 0.05) is 17.2 Å². The second-order valence-electron chi connectivity index (χ2n) is 10.2. The van der Waals surface area contributed by atoms with Crippen molar-refractivity contribution in [3.63, 3.8) is 0 Å². The molecule has 9 nitrogen and oxygen atoms in total. The molecule has 270 valence electrons. The number of hydrogen-bond donors (Lipinski definition) is 1. The van der Waals surface area contributed by atoms with Crippen LogP contribution in [0.4, 0.5) is 25.2 Å². The number of nitrogens with two attached hydrogens (primary N) is 1. The summed E-state index contributed by atoms with van der Waals surface area (Å²) in [4.78, 5) is 0. The molecule has 3 aromatic carbocycles. The first-order chi connectivity index (χ1) is 22.8. The molecular weight excluding hydrogens is 671 g/mol. The topological polar surface area (TPSA) is 90.5 Å². The van der Waals surface area contributed by atoms with E-state index in [1.54, 1.807) is 0 Å². The quantitative estimate of drug-likeness (QED) is 0.238. The molecule has 48 heavy (non-hydrogen) atoms. The summed E-state index contributed by atoms with van der Waals surface area (Å²) in [7, 11) is -10.7. The van der Waals surface area contributed by atoms with Crippen LogP contribution in [0.3, 0.4) is 0 Å². The van der Waals surface area contributed by atoms with Gasteiger partial charge in [0.25, 0.3) is 0 Å². The first-order valence-corrected chi connectivity index (χ1v) is 17.3. The van der Waals surface area contributed by atoms with Crippen LogP contribution in [0, 0.1) is 0 Å². The van der Waals surface area contributed by atoms with Gasteiger partial charge in [0.1, 0.15) is 51.0 Å². The van der Waals surface area contributed by atoms with Crippen molar-refractivity contribution in [2.24, 2.45) is 0 Å². The van der Waals surface area contributed by atoms with Crippen molar-refractivity contribution in [1.82, 2.24) is 0 Å². The average Bonchev–Trinajstić information content (AvgIpc) is 3.02. The van der Waals surface area contributed by atoms with Gasteiger partial charge < -0.3 is 43.2 Å². The Morgan fingerprint density at radius 2 is 0.792 bits per heavy atom. The second kappa shape index (κ2) is 19.0. The molecule has 3 aromatic rings. The maximum Gasteiger partial charge on any atom is 0.161 e. The van der Waals surface area contributed by atoms with Gasteiger partial charge in [0.05, 0.1) is 52.9 Å². The number of quaternary nitrogens is 1. The van der Waals surface area contributed by atoms with E-state index in [9.17, 15) is 25.2 Å². The van der Waals surface area contributed by atoms with Gasteiger partial charge in [-0.2, -0.15) is 0 Å². The van der Waals surface area contributed by atoms with Crippen molar-refractivity contribution >= 4 is 7.81 Å². The van der Waals surface area contributed by atoms with Crippen LogP contribution in [0.25, 0.3) is 0 Å².